The normalized spacial score (nSPS) is 29.0. The zero-order valence-electron chi connectivity index (χ0n) is 57.7. The van der Waals surface area contributed by atoms with Crippen LogP contribution in [0.3, 0.4) is 0 Å². The molecule has 34 heteroatoms. The number of Topliss-reactive ketones (excluding diaryl/α,β-unsaturated/α-hetero) is 1. The fraction of sp³-hybridized carbons (Fsp3) is 0.457. The van der Waals surface area contributed by atoms with Crippen molar-refractivity contribution in [3.05, 3.63) is 116 Å². The summed E-state index contributed by atoms with van der Waals surface area (Å²) in [6, 6.07) is -0.00248. The lowest BCUT2D eigenvalue weighted by molar-refractivity contribution is -0.337. The van der Waals surface area contributed by atoms with Gasteiger partial charge in [-0.25, -0.2) is 0 Å². The Labute approximate surface area is 605 Å². The summed E-state index contributed by atoms with van der Waals surface area (Å²) >= 11 is 14.2. The summed E-state index contributed by atoms with van der Waals surface area (Å²) in [5.41, 5.74) is 2.45. The Morgan fingerprint density at radius 3 is 1.90 bits per heavy atom. The molecule has 7 amide bonds. The molecular formula is C70H83Cl2N9O23. The van der Waals surface area contributed by atoms with Crippen molar-refractivity contribution in [3.8, 4) is 57.1 Å². The first-order chi connectivity index (χ1) is 49.0. The largest absolute Gasteiger partial charge is 0.508 e. The van der Waals surface area contributed by atoms with Gasteiger partial charge in [-0.1, -0.05) is 55.2 Å². The summed E-state index contributed by atoms with van der Waals surface area (Å²) in [4.78, 5) is 120. The van der Waals surface area contributed by atoms with Crippen molar-refractivity contribution in [3.63, 3.8) is 0 Å². The van der Waals surface area contributed by atoms with Gasteiger partial charge in [0.1, 0.15) is 95.5 Å². The number of fused-ring (bicyclic) bond motifs is 15. The molecule has 12 rings (SSSR count). The van der Waals surface area contributed by atoms with E-state index < -0.39 is 214 Å². The Morgan fingerprint density at radius 2 is 1.33 bits per heavy atom. The van der Waals surface area contributed by atoms with Crippen molar-refractivity contribution in [2.75, 3.05) is 27.7 Å². The lowest BCUT2D eigenvalue weighted by Crippen LogP contribution is -2.65. The number of rotatable bonds is 14. The fourth-order valence-electron chi connectivity index (χ4n) is 13.1. The molecule has 560 valence electrons. The van der Waals surface area contributed by atoms with E-state index in [-0.39, 0.29) is 74.2 Å². The molecule has 2 saturated heterocycles. The molecule has 18 atom stereocenters. The number of phenolic OH excluding ortho intramolecular Hbond substituents is 3. The maximum absolute atomic E-state index is 16.1. The van der Waals surface area contributed by atoms with E-state index in [0.717, 1.165) is 55.5 Å². The number of aliphatic hydroxyl groups excluding tert-OH is 6. The van der Waals surface area contributed by atoms with Crippen LogP contribution in [-0.2, 0) is 52.6 Å². The van der Waals surface area contributed by atoms with E-state index in [1.54, 1.807) is 32.8 Å². The minimum atomic E-state index is -2.31. The number of nitrogens with zero attached hydrogens (tertiary/aromatic N) is 1. The number of ether oxygens (including phenoxy) is 6. The van der Waals surface area contributed by atoms with Gasteiger partial charge in [0.05, 0.1) is 46.9 Å². The highest BCUT2D eigenvalue weighted by Gasteiger charge is 2.53. The van der Waals surface area contributed by atoms with Crippen LogP contribution in [0.25, 0.3) is 11.1 Å². The van der Waals surface area contributed by atoms with Crippen LogP contribution in [0, 0.1) is 12.8 Å². The zero-order chi connectivity index (χ0) is 76.0. The Hall–Kier alpha value is -9.00. The van der Waals surface area contributed by atoms with Gasteiger partial charge >= 0.3 is 0 Å². The second-order valence-corrected chi connectivity index (χ2v) is 28.0. The molecule has 7 aliphatic rings. The van der Waals surface area contributed by atoms with E-state index in [4.69, 9.17) is 57.4 Å². The number of nitrogens with two attached hydrogens (primary N) is 1. The molecule has 0 spiro atoms. The molecule has 18 N–H and O–H groups in total. The van der Waals surface area contributed by atoms with Crippen LogP contribution in [0.5, 0.6) is 46.0 Å². The van der Waals surface area contributed by atoms with Crippen molar-refractivity contribution >= 4 is 70.3 Å². The standard InChI is InChI=1S/C70H83Cl2N9O23/c1-26(2)16-38(74-7)63(93)79-53-56(88)31-11-14-42(36(71)18-31)100-44-20-33-21-45(60(44)104-69-61(59(91)58(90)46(25-82)102-69)103-48-24-70(6,81(8)9)62(92)29(5)99-48)101-43-15-12-32(19-37(43)72)57(89)54-68(98)76-50(28(4)83)35-22-41(85)27(3)55(87)49(35)34-17-30(10-13-40(34)84)51(65(95)80-54)78-66(96)52(33)77-64(94)39(23-47(73)86)75-67(53)97/h10-15,17-22,26,29,38-39,46,48,50-54,56-59,61-62,69,74,82,84-85,87-92H,16,23-25H2,1-9H3,(H2,73,86)(H,75,97)(H,76,98)(H,77,94)(H,78,96)(H,79,93)(H,80,95)/t29-,38+,39-,46+,48?,50+,51+,52+,53?,54-,56+,57+,58+,59-,61+,62+,69-,70-/m0/s1. The highest BCUT2D eigenvalue weighted by Crippen LogP contribution is 2.50. The minimum absolute atomic E-state index is 0.0744. The number of likely N-dealkylation sites (N-methyl/N-ethyl adjacent to an activating group) is 2. The number of hydrogen-bond donors (Lipinski definition) is 17. The van der Waals surface area contributed by atoms with Crippen LogP contribution in [0.15, 0.2) is 72.8 Å². The summed E-state index contributed by atoms with van der Waals surface area (Å²) in [6.07, 6.45) is -17.8. The molecule has 11 bridgehead atoms. The molecule has 7 heterocycles. The predicted octanol–water partition coefficient (Wildman–Crippen LogP) is 1.52. The maximum Gasteiger partial charge on any atom is 0.248 e. The van der Waals surface area contributed by atoms with Crippen LogP contribution < -0.4 is 57.2 Å². The summed E-state index contributed by atoms with van der Waals surface area (Å²) in [6.45, 7) is 8.37. The van der Waals surface area contributed by atoms with E-state index in [1.165, 1.54) is 38.2 Å². The number of carbonyl (C=O) groups is 8. The van der Waals surface area contributed by atoms with Gasteiger partial charge in [-0.15, -0.1) is 0 Å². The van der Waals surface area contributed by atoms with Gasteiger partial charge < -0.3 is 122 Å². The summed E-state index contributed by atoms with van der Waals surface area (Å²) in [5, 5.41) is 122. The monoisotopic (exact) mass is 1490 g/mol. The summed E-state index contributed by atoms with van der Waals surface area (Å²) in [7, 11) is 4.91. The van der Waals surface area contributed by atoms with E-state index in [1.807, 2.05) is 13.8 Å². The second kappa shape index (κ2) is 31.4. The second-order valence-electron chi connectivity index (χ2n) is 27.1. The zero-order valence-corrected chi connectivity index (χ0v) is 59.2. The molecule has 0 aromatic heterocycles. The number of benzene rings is 5. The SMILES string of the molecule is CN[C@H](CC(C)C)C(=O)NC1C(=O)N[C@@H](CC(N)=O)C(=O)N[C@H]2C(=O)N[C@H]3C(=O)N[C@H](C(=O)N[C@H](C(C)=O)c4cc(O)c(C)c(O)c4-c4cc3ccc4O)[C@H](O)c3ccc(c(Cl)c3)Oc3cc2cc(c3O[C@@H]2O[C@H](CO)[C@@H](O)[C@H](O)[C@H]2OC2C[C@](C)(N(C)C)[C@H](O)[C@H](C)O2)Oc2ccc(cc2Cl)[C@H]1O. The molecule has 7 aliphatic heterocycles. The molecule has 2 unspecified atom stereocenters. The number of primary amides is 1. The Balaban J connectivity index is 1.24. The first-order valence-electron chi connectivity index (χ1n) is 33.1. The van der Waals surface area contributed by atoms with Gasteiger partial charge in [-0.3, -0.25) is 38.4 Å². The van der Waals surface area contributed by atoms with Crippen molar-refractivity contribution in [1.82, 2.24) is 42.1 Å². The van der Waals surface area contributed by atoms with Crippen molar-refractivity contribution in [2.45, 2.75) is 170 Å². The van der Waals surface area contributed by atoms with Crippen LogP contribution in [0.4, 0.5) is 0 Å². The molecule has 0 radical (unpaired) electrons. The number of phenols is 3. The maximum atomic E-state index is 16.1. The number of ketones is 1. The third kappa shape index (κ3) is 15.8. The topological polar surface area (TPSA) is 487 Å². The van der Waals surface area contributed by atoms with E-state index >= 15 is 19.2 Å². The molecule has 104 heavy (non-hydrogen) atoms. The first kappa shape index (κ1) is 77.6. The summed E-state index contributed by atoms with van der Waals surface area (Å²) < 4.78 is 39.0. The minimum Gasteiger partial charge on any atom is -0.508 e. The van der Waals surface area contributed by atoms with Crippen molar-refractivity contribution < 1.29 is 113 Å². The fourth-order valence-corrected chi connectivity index (χ4v) is 13.6. The quantitative estimate of drug-likeness (QED) is 0.0749. The average molecular weight is 1490 g/mol. The summed E-state index contributed by atoms with van der Waals surface area (Å²) in [5.74, 6) is -14.0. The van der Waals surface area contributed by atoms with Gasteiger partial charge in [0.15, 0.2) is 29.7 Å². The van der Waals surface area contributed by atoms with Crippen molar-refractivity contribution in [1.29, 1.82) is 0 Å². The third-order valence-corrected chi connectivity index (χ3v) is 19.9. The smallest absolute Gasteiger partial charge is 0.248 e. The van der Waals surface area contributed by atoms with E-state index in [2.05, 4.69) is 37.2 Å². The molecule has 32 nitrogen and oxygen atoms in total. The number of carbonyl (C=O) groups excluding carboxylic acids is 8. The molecular weight excluding hydrogens is 1410 g/mol. The van der Waals surface area contributed by atoms with E-state index in [9.17, 15) is 65.1 Å². The first-order valence-corrected chi connectivity index (χ1v) is 33.9. The Kier molecular flexibility index (Phi) is 23.4. The molecule has 0 aliphatic carbocycles. The van der Waals surface area contributed by atoms with Gasteiger partial charge in [0, 0.05) is 23.1 Å². The highest BCUT2D eigenvalue weighted by atomic mass is 35.5. The molecule has 5 aromatic carbocycles. The third-order valence-electron chi connectivity index (χ3n) is 19.3. The lowest BCUT2D eigenvalue weighted by atomic mass is 9.84. The number of amides is 7. The molecule has 2 fully saturated rings. The molecule has 5 aromatic rings. The molecule has 0 saturated carbocycles. The van der Waals surface area contributed by atoms with Gasteiger partial charge in [-0.2, -0.15) is 0 Å². The van der Waals surface area contributed by atoms with Crippen LogP contribution >= 0.6 is 23.2 Å². The predicted molar refractivity (Wildman–Crippen MR) is 367 cm³/mol. The number of hydrogen-bond acceptors (Lipinski definition) is 25. The lowest BCUT2D eigenvalue weighted by Gasteiger charge is -2.50. The Morgan fingerprint density at radius 1 is 0.731 bits per heavy atom. The van der Waals surface area contributed by atoms with Crippen LogP contribution in [-0.4, -0.2) is 205 Å². The van der Waals surface area contributed by atoms with Crippen LogP contribution in [0.2, 0.25) is 10.0 Å². The van der Waals surface area contributed by atoms with Gasteiger partial charge in [-0.05, 0) is 144 Å². The number of nitrogens with one attached hydrogen (secondary N) is 7. The average Bonchev–Trinajstić information content (AvgIpc) is 0.764. The highest BCUT2D eigenvalue weighted by molar-refractivity contribution is 6.32. The number of aliphatic hydroxyl groups is 6. The van der Waals surface area contributed by atoms with Gasteiger partial charge in [0.25, 0.3) is 0 Å². The van der Waals surface area contributed by atoms with Crippen LogP contribution in [0.1, 0.15) is 118 Å². The Bertz CT molecular complexity index is 4190. The van der Waals surface area contributed by atoms with E-state index in [0.29, 0.717) is 0 Å². The number of aromatic hydroxyl groups is 3. The van der Waals surface area contributed by atoms with Gasteiger partial charge in [0.2, 0.25) is 53.4 Å². The van der Waals surface area contributed by atoms with Crippen molar-refractivity contribution in [2.24, 2.45) is 11.7 Å². The number of halogens is 2.